The van der Waals surface area contributed by atoms with Gasteiger partial charge in [0, 0.05) is 19.3 Å². The van der Waals surface area contributed by atoms with Gasteiger partial charge in [-0.05, 0) is 19.1 Å². The van der Waals surface area contributed by atoms with E-state index in [9.17, 15) is 4.79 Å². The van der Waals surface area contributed by atoms with Crippen LogP contribution in [-0.4, -0.2) is 32.3 Å². The van der Waals surface area contributed by atoms with Gasteiger partial charge in [-0.25, -0.2) is 4.79 Å². The maximum Gasteiger partial charge on any atom is 0.323 e. The van der Waals surface area contributed by atoms with Crippen molar-refractivity contribution in [1.82, 2.24) is 5.32 Å². The number of allylic oxidation sites excluding steroid dienone is 1. The van der Waals surface area contributed by atoms with Crippen LogP contribution in [0, 0.1) is 0 Å². The number of ether oxygens (including phenoxy) is 1. The normalized spacial score (nSPS) is 15.5. The van der Waals surface area contributed by atoms with Gasteiger partial charge in [-0.3, -0.25) is 0 Å². The fourth-order valence-electron chi connectivity index (χ4n) is 1.98. The van der Waals surface area contributed by atoms with Gasteiger partial charge in [-0.1, -0.05) is 18.2 Å². The number of para-hydroxylation sites is 2. The summed E-state index contributed by atoms with van der Waals surface area (Å²) in [6.45, 7) is 4.98. The Bertz CT molecular complexity index is 454. The first kappa shape index (κ1) is 13.4. The summed E-state index contributed by atoms with van der Waals surface area (Å²) in [5, 5.41) is 5.50. The number of hydrogen-bond donors (Lipinski definition) is 2. The number of anilines is 2. The molecule has 0 unspecified atom stereocenters. The van der Waals surface area contributed by atoms with Gasteiger partial charge < -0.3 is 20.3 Å². The number of morpholine rings is 1. The van der Waals surface area contributed by atoms with Crippen molar-refractivity contribution in [2.24, 2.45) is 0 Å². The lowest BCUT2D eigenvalue weighted by molar-refractivity contribution is 0.123. The van der Waals surface area contributed by atoms with Crippen molar-refractivity contribution in [3.8, 4) is 0 Å². The Balaban J connectivity index is 2.09. The quantitative estimate of drug-likeness (QED) is 0.877. The van der Waals surface area contributed by atoms with Gasteiger partial charge in [-0.2, -0.15) is 0 Å². The maximum absolute atomic E-state index is 11.7. The van der Waals surface area contributed by atoms with Crippen LogP contribution >= 0.6 is 0 Å². The number of urea groups is 1. The summed E-state index contributed by atoms with van der Waals surface area (Å²) in [4.78, 5) is 13.9. The molecule has 1 fully saturated rings. The van der Waals surface area contributed by atoms with Crippen molar-refractivity contribution < 1.29 is 9.53 Å². The molecule has 1 aromatic rings. The lowest BCUT2D eigenvalue weighted by Gasteiger charge is -2.30. The molecule has 1 saturated heterocycles. The number of carbonyl (C=O) groups is 1. The largest absolute Gasteiger partial charge is 0.378 e. The average Bonchev–Trinajstić information content (AvgIpc) is 2.46. The number of rotatable bonds is 3. The number of hydrogen-bond acceptors (Lipinski definition) is 3. The number of carbonyl (C=O) groups excluding carboxylic acids is 1. The minimum atomic E-state index is -0.237. The van der Waals surface area contributed by atoms with E-state index in [0.29, 0.717) is 0 Å². The summed E-state index contributed by atoms with van der Waals surface area (Å²) in [5.74, 6) is 0. The molecule has 0 aliphatic carbocycles. The molecule has 102 valence electrons. The molecule has 0 bridgehead atoms. The van der Waals surface area contributed by atoms with Crippen LogP contribution in [0.5, 0.6) is 0 Å². The van der Waals surface area contributed by atoms with E-state index in [0.717, 1.165) is 37.7 Å². The first-order valence-corrected chi connectivity index (χ1v) is 6.41. The molecule has 0 atom stereocenters. The van der Waals surface area contributed by atoms with E-state index in [1.54, 1.807) is 12.3 Å². The smallest absolute Gasteiger partial charge is 0.323 e. The molecule has 2 N–H and O–H groups in total. The maximum atomic E-state index is 11.7. The second-order valence-corrected chi connectivity index (χ2v) is 4.22. The van der Waals surface area contributed by atoms with Crippen LogP contribution < -0.4 is 15.5 Å². The highest BCUT2D eigenvalue weighted by atomic mass is 16.5. The van der Waals surface area contributed by atoms with Crippen molar-refractivity contribution in [3.05, 3.63) is 36.5 Å². The monoisotopic (exact) mass is 261 g/mol. The standard InChI is InChI=1S/C14H19N3O2/c1-2-7-15-14(18)16-12-5-3-4-6-13(12)17-8-10-19-11-9-17/h2-7H,8-11H2,1H3,(H2,15,16,18)/b7-2+. The van der Waals surface area contributed by atoms with E-state index in [1.807, 2.05) is 31.2 Å². The van der Waals surface area contributed by atoms with Crippen LogP contribution in [-0.2, 0) is 4.74 Å². The van der Waals surface area contributed by atoms with Crippen LogP contribution in [0.3, 0.4) is 0 Å². The Hall–Kier alpha value is -2.01. The van der Waals surface area contributed by atoms with Gasteiger partial charge in [0.25, 0.3) is 0 Å². The highest BCUT2D eigenvalue weighted by molar-refractivity contribution is 5.93. The Kier molecular flexibility index (Phi) is 4.80. The molecule has 5 nitrogen and oxygen atoms in total. The highest BCUT2D eigenvalue weighted by Crippen LogP contribution is 2.26. The van der Waals surface area contributed by atoms with E-state index in [-0.39, 0.29) is 6.03 Å². The summed E-state index contributed by atoms with van der Waals surface area (Å²) in [7, 11) is 0. The molecular formula is C14H19N3O2. The fourth-order valence-corrected chi connectivity index (χ4v) is 1.98. The zero-order chi connectivity index (χ0) is 13.5. The Morgan fingerprint density at radius 3 is 2.79 bits per heavy atom. The molecule has 1 heterocycles. The van der Waals surface area contributed by atoms with Crippen molar-refractivity contribution in [2.45, 2.75) is 6.92 Å². The number of benzene rings is 1. The second kappa shape index (κ2) is 6.80. The minimum Gasteiger partial charge on any atom is -0.378 e. The van der Waals surface area contributed by atoms with Crippen LogP contribution in [0.4, 0.5) is 16.2 Å². The van der Waals surface area contributed by atoms with E-state index < -0.39 is 0 Å². The minimum absolute atomic E-state index is 0.237. The molecule has 0 spiro atoms. The molecule has 5 heteroatoms. The average molecular weight is 261 g/mol. The molecule has 0 aromatic heterocycles. The molecule has 0 radical (unpaired) electrons. The predicted octanol–water partition coefficient (Wildman–Crippen LogP) is 2.18. The summed E-state index contributed by atoms with van der Waals surface area (Å²) in [5.41, 5.74) is 1.84. The molecular weight excluding hydrogens is 242 g/mol. The Morgan fingerprint density at radius 2 is 2.05 bits per heavy atom. The predicted molar refractivity (Wildman–Crippen MR) is 76.4 cm³/mol. The van der Waals surface area contributed by atoms with E-state index in [4.69, 9.17) is 4.74 Å². The van der Waals surface area contributed by atoms with Crippen LogP contribution in [0.25, 0.3) is 0 Å². The second-order valence-electron chi connectivity index (χ2n) is 4.22. The first-order valence-electron chi connectivity index (χ1n) is 6.41. The van der Waals surface area contributed by atoms with Crippen LogP contribution in [0.1, 0.15) is 6.92 Å². The lowest BCUT2D eigenvalue weighted by Crippen LogP contribution is -2.37. The van der Waals surface area contributed by atoms with Crippen molar-refractivity contribution >= 4 is 17.4 Å². The fraction of sp³-hybridized carbons (Fsp3) is 0.357. The number of nitrogens with zero attached hydrogens (tertiary/aromatic N) is 1. The molecule has 0 saturated carbocycles. The molecule has 1 aliphatic rings. The summed E-state index contributed by atoms with van der Waals surface area (Å²) < 4.78 is 5.34. The van der Waals surface area contributed by atoms with E-state index in [1.165, 1.54) is 0 Å². The third-order valence-corrected chi connectivity index (χ3v) is 2.89. The molecule has 1 aromatic carbocycles. The highest BCUT2D eigenvalue weighted by Gasteiger charge is 2.15. The molecule has 2 amide bonds. The lowest BCUT2D eigenvalue weighted by atomic mass is 10.2. The number of amides is 2. The van der Waals surface area contributed by atoms with Gasteiger partial charge in [0.05, 0.1) is 24.6 Å². The topological polar surface area (TPSA) is 53.6 Å². The summed E-state index contributed by atoms with van der Waals surface area (Å²) >= 11 is 0. The zero-order valence-electron chi connectivity index (χ0n) is 11.1. The zero-order valence-corrected chi connectivity index (χ0v) is 11.1. The third kappa shape index (κ3) is 3.72. The van der Waals surface area contributed by atoms with Gasteiger partial charge >= 0.3 is 6.03 Å². The van der Waals surface area contributed by atoms with Crippen molar-refractivity contribution in [1.29, 1.82) is 0 Å². The van der Waals surface area contributed by atoms with Crippen molar-refractivity contribution in [3.63, 3.8) is 0 Å². The molecule has 1 aliphatic heterocycles. The molecule has 19 heavy (non-hydrogen) atoms. The van der Waals surface area contributed by atoms with Gasteiger partial charge in [0.15, 0.2) is 0 Å². The molecule has 2 rings (SSSR count). The summed E-state index contributed by atoms with van der Waals surface area (Å²) in [6.07, 6.45) is 3.38. The number of nitrogens with one attached hydrogen (secondary N) is 2. The first-order chi connectivity index (χ1) is 9.31. The van der Waals surface area contributed by atoms with Crippen LogP contribution in [0.2, 0.25) is 0 Å². The third-order valence-electron chi connectivity index (χ3n) is 2.89. The Morgan fingerprint density at radius 1 is 1.32 bits per heavy atom. The van der Waals surface area contributed by atoms with Gasteiger partial charge in [-0.15, -0.1) is 0 Å². The Labute approximate surface area is 113 Å². The van der Waals surface area contributed by atoms with Gasteiger partial charge in [0.1, 0.15) is 0 Å². The summed E-state index contributed by atoms with van der Waals surface area (Å²) in [6, 6.07) is 7.56. The van der Waals surface area contributed by atoms with E-state index in [2.05, 4.69) is 15.5 Å². The van der Waals surface area contributed by atoms with Crippen LogP contribution in [0.15, 0.2) is 36.5 Å². The van der Waals surface area contributed by atoms with Crippen molar-refractivity contribution in [2.75, 3.05) is 36.5 Å². The van der Waals surface area contributed by atoms with E-state index >= 15 is 0 Å². The SMILES string of the molecule is C/C=C/NC(=O)Nc1ccccc1N1CCOCC1. The van der Waals surface area contributed by atoms with Gasteiger partial charge in [0.2, 0.25) is 0 Å².